The molecule has 1 aromatic carbocycles. The van der Waals surface area contributed by atoms with E-state index in [0.29, 0.717) is 0 Å². The number of anilines is 2. The van der Waals surface area contributed by atoms with Gasteiger partial charge in [-0.3, -0.25) is 4.79 Å². The first-order valence-electron chi connectivity index (χ1n) is 5.86. The molecular formula is C14H11Cl2FN3O. The van der Waals surface area contributed by atoms with Crippen molar-refractivity contribution in [3.8, 4) is 11.3 Å². The Morgan fingerprint density at radius 1 is 1.33 bits per heavy atom. The summed E-state index contributed by atoms with van der Waals surface area (Å²) in [4.78, 5) is 16.4. The molecule has 0 unspecified atom stereocenters. The summed E-state index contributed by atoms with van der Waals surface area (Å²) in [6.45, 7) is 0. The Kier molecular flexibility index (Phi) is 4.34. The van der Waals surface area contributed by atoms with Crippen LogP contribution >= 0.6 is 23.2 Å². The van der Waals surface area contributed by atoms with Crippen molar-refractivity contribution in [2.45, 2.75) is 0 Å². The second kappa shape index (κ2) is 5.87. The van der Waals surface area contributed by atoms with Crippen molar-refractivity contribution in [1.29, 1.82) is 0 Å². The van der Waals surface area contributed by atoms with Crippen LogP contribution in [-0.2, 0) is 4.79 Å². The van der Waals surface area contributed by atoms with E-state index in [1.165, 1.54) is 12.1 Å². The van der Waals surface area contributed by atoms with Gasteiger partial charge in [0.15, 0.2) is 5.82 Å². The van der Waals surface area contributed by atoms with E-state index in [1.54, 1.807) is 31.3 Å². The minimum absolute atomic E-state index is 0.00375. The highest BCUT2D eigenvalue weighted by atomic mass is 35.5. The number of aromatic nitrogens is 1. The van der Waals surface area contributed by atoms with Gasteiger partial charge in [-0.05, 0) is 18.2 Å². The predicted molar refractivity (Wildman–Crippen MR) is 83.2 cm³/mol. The Morgan fingerprint density at radius 2 is 2.00 bits per heavy atom. The zero-order valence-electron chi connectivity index (χ0n) is 11.2. The molecule has 7 heteroatoms. The van der Waals surface area contributed by atoms with E-state index in [9.17, 15) is 9.18 Å². The van der Waals surface area contributed by atoms with E-state index >= 15 is 0 Å². The molecular weight excluding hydrogens is 316 g/mol. The molecule has 1 heterocycles. The second-order valence-electron chi connectivity index (χ2n) is 4.51. The van der Waals surface area contributed by atoms with E-state index in [2.05, 4.69) is 4.98 Å². The number of halogens is 3. The lowest BCUT2D eigenvalue weighted by Gasteiger charge is -2.17. The van der Waals surface area contributed by atoms with Gasteiger partial charge in [0.2, 0.25) is 0 Å². The molecule has 0 saturated heterocycles. The van der Waals surface area contributed by atoms with E-state index in [0.717, 1.165) is 0 Å². The minimum Gasteiger partial charge on any atom is -0.397 e. The van der Waals surface area contributed by atoms with E-state index < -0.39 is 5.82 Å². The molecule has 0 aliphatic carbocycles. The fourth-order valence-corrected chi connectivity index (χ4v) is 2.35. The van der Waals surface area contributed by atoms with Gasteiger partial charge in [0, 0.05) is 19.7 Å². The summed E-state index contributed by atoms with van der Waals surface area (Å²) in [6, 6.07) is 4.41. The van der Waals surface area contributed by atoms with Gasteiger partial charge >= 0.3 is 0 Å². The van der Waals surface area contributed by atoms with Gasteiger partial charge in [0.05, 0.1) is 27.1 Å². The lowest BCUT2D eigenvalue weighted by Crippen LogP contribution is -2.12. The molecule has 4 nitrogen and oxygen atoms in total. The summed E-state index contributed by atoms with van der Waals surface area (Å²) in [5.74, 6) is -0.557. The SMILES string of the molecule is CN(C)c1c(Cl)ccc(-c2cc(N)c(Cl)c([C]=O)n2)c1F. The maximum Gasteiger partial charge on any atom is 0.255 e. The summed E-state index contributed by atoms with van der Waals surface area (Å²) >= 11 is 11.8. The number of rotatable bonds is 3. The molecule has 0 aliphatic heterocycles. The number of nitrogens with zero attached hydrogens (tertiary/aromatic N) is 2. The zero-order chi connectivity index (χ0) is 15.7. The number of pyridine rings is 1. The normalized spacial score (nSPS) is 10.5. The van der Waals surface area contributed by atoms with Gasteiger partial charge in [-0.15, -0.1) is 0 Å². The molecule has 0 aliphatic rings. The van der Waals surface area contributed by atoms with Crippen molar-refractivity contribution >= 4 is 40.9 Å². The van der Waals surface area contributed by atoms with Crippen LogP contribution in [0.15, 0.2) is 18.2 Å². The van der Waals surface area contributed by atoms with Crippen LogP contribution in [-0.4, -0.2) is 25.4 Å². The van der Waals surface area contributed by atoms with Gasteiger partial charge in [-0.25, -0.2) is 9.37 Å². The van der Waals surface area contributed by atoms with Crippen molar-refractivity contribution in [2.24, 2.45) is 0 Å². The molecule has 0 fully saturated rings. The molecule has 0 spiro atoms. The van der Waals surface area contributed by atoms with Gasteiger partial charge < -0.3 is 10.6 Å². The van der Waals surface area contributed by atoms with Crippen LogP contribution in [0.1, 0.15) is 5.69 Å². The van der Waals surface area contributed by atoms with Crippen molar-refractivity contribution in [2.75, 3.05) is 24.7 Å². The van der Waals surface area contributed by atoms with Crippen molar-refractivity contribution < 1.29 is 9.18 Å². The molecule has 0 amide bonds. The number of nitrogen functional groups attached to an aromatic ring is 1. The van der Waals surface area contributed by atoms with Crippen LogP contribution in [0.25, 0.3) is 11.3 Å². The summed E-state index contributed by atoms with van der Waals surface area (Å²) < 4.78 is 14.6. The van der Waals surface area contributed by atoms with Crippen molar-refractivity contribution in [1.82, 2.24) is 4.98 Å². The van der Waals surface area contributed by atoms with Crippen molar-refractivity contribution in [3.05, 3.63) is 39.8 Å². The first kappa shape index (κ1) is 15.5. The fraction of sp³-hybridized carbons (Fsp3) is 0.143. The molecule has 1 radical (unpaired) electrons. The minimum atomic E-state index is -0.557. The third kappa shape index (κ3) is 2.80. The van der Waals surface area contributed by atoms with E-state index in [1.807, 2.05) is 0 Å². The lowest BCUT2D eigenvalue weighted by atomic mass is 10.1. The molecule has 1 aromatic heterocycles. The largest absolute Gasteiger partial charge is 0.397 e. The summed E-state index contributed by atoms with van der Waals surface area (Å²) in [7, 11) is 3.34. The molecule has 2 aromatic rings. The highest BCUT2D eigenvalue weighted by Crippen LogP contribution is 2.35. The van der Waals surface area contributed by atoms with Crippen LogP contribution in [0.2, 0.25) is 10.0 Å². The Morgan fingerprint density at radius 3 is 2.57 bits per heavy atom. The summed E-state index contributed by atoms with van der Waals surface area (Å²) in [6.07, 6.45) is 1.58. The van der Waals surface area contributed by atoms with Crippen LogP contribution in [0, 0.1) is 5.82 Å². The van der Waals surface area contributed by atoms with Crippen LogP contribution in [0.5, 0.6) is 0 Å². The average Bonchev–Trinajstić information content (AvgIpc) is 2.41. The third-order valence-electron chi connectivity index (χ3n) is 2.87. The number of carbonyl (C=O) groups excluding carboxylic acids is 1. The highest BCUT2D eigenvalue weighted by molar-refractivity contribution is 6.35. The maximum atomic E-state index is 14.6. The molecule has 21 heavy (non-hydrogen) atoms. The first-order chi connectivity index (χ1) is 9.86. The Bertz CT molecular complexity index is 720. The van der Waals surface area contributed by atoms with Crippen molar-refractivity contribution in [3.63, 3.8) is 0 Å². The standard InChI is InChI=1S/C14H11Cl2FN3O/c1-20(2)14-8(15)4-3-7(13(14)17)10-5-9(18)12(16)11(6-21)19-10/h3-5H,1-2H3,(H2,18,19). The average molecular weight is 327 g/mol. The van der Waals surface area contributed by atoms with Gasteiger partial charge in [-0.2, -0.15) is 0 Å². The Labute approximate surface area is 131 Å². The number of nitrogens with two attached hydrogens (primary N) is 1. The monoisotopic (exact) mass is 326 g/mol. The maximum absolute atomic E-state index is 14.6. The molecule has 2 N–H and O–H groups in total. The molecule has 109 valence electrons. The Balaban J connectivity index is 2.71. The smallest absolute Gasteiger partial charge is 0.255 e. The van der Waals surface area contributed by atoms with E-state index in [-0.39, 0.29) is 38.4 Å². The lowest BCUT2D eigenvalue weighted by molar-refractivity contribution is 0.561. The zero-order valence-corrected chi connectivity index (χ0v) is 12.8. The molecule has 2 rings (SSSR count). The van der Waals surface area contributed by atoms with Gasteiger partial charge in [0.1, 0.15) is 5.69 Å². The van der Waals surface area contributed by atoms with Crippen LogP contribution < -0.4 is 10.6 Å². The van der Waals surface area contributed by atoms with Crippen LogP contribution in [0.3, 0.4) is 0 Å². The molecule has 0 bridgehead atoms. The van der Waals surface area contributed by atoms with Crippen LogP contribution in [0.4, 0.5) is 15.8 Å². The highest BCUT2D eigenvalue weighted by Gasteiger charge is 2.18. The summed E-state index contributed by atoms with van der Waals surface area (Å²) in [5, 5.41) is 0.265. The fourth-order valence-electron chi connectivity index (χ4n) is 1.90. The predicted octanol–water partition coefficient (Wildman–Crippen LogP) is 3.30. The van der Waals surface area contributed by atoms with Gasteiger partial charge in [0.25, 0.3) is 6.29 Å². The topological polar surface area (TPSA) is 59.2 Å². The van der Waals surface area contributed by atoms with Gasteiger partial charge in [-0.1, -0.05) is 23.2 Å². The quantitative estimate of drug-likeness (QED) is 0.940. The Hall–Kier alpha value is -1.85. The van der Waals surface area contributed by atoms with E-state index in [4.69, 9.17) is 28.9 Å². The second-order valence-corrected chi connectivity index (χ2v) is 5.30. The number of benzene rings is 1. The summed E-state index contributed by atoms with van der Waals surface area (Å²) in [5.41, 5.74) is 6.25. The number of hydrogen-bond acceptors (Lipinski definition) is 4. The first-order valence-corrected chi connectivity index (χ1v) is 6.62. The number of hydrogen-bond donors (Lipinski definition) is 1. The third-order valence-corrected chi connectivity index (χ3v) is 3.57. The molecule has 0 atom stereocenters. The molecule has 0 saturated carbocycles.